The van der Waals surface area contributed by atoms with Gasteiger partial charge < -0.3 is 19.9 Å². The summed E-state index contributed by atoms with van der Waals surface area (Å²) in [5.74, 6) is 1.15. The van der Waals surface area contributed by atoms with Crippen molar-refractivity contribution in [2.24, 2.45) is 11.8 Å². The number of amides is 5. The zero-order chi connectivity index (χ0) is 23.8. The van der Waals surface area contributed by atoms with E-state index in [1.807, 2.05) is 34.1 Å². The summed E-state index contributed by atoms with van der Waals surface area (Å²) >= 11 is 0. The van der Waals surface area contributed by atoms with Crippen molar-refractivity contribution in [1.82, 2.24) is 20.0 Å². The van der Waals surface area contributed by atoms with Gasteiger partial charge in [0, 0.05) is 38.6 Å². The van der Waals surface area contributed by atoms with Gasteiger partial charge in [-0.3, -0.25) is 19.3 Å². The van der Waals surface area contributed by atoms with Crippen LogP contribution in [-0.4, -0.2) is 83.8 Å². The summed E-state index contributed by atoms with van der Waals surface area (Å²) in [6, 6.07) is 6.49. The number of carbonyl (C=O) groups is 4. The van der Waals surface area contributed by atoms with E-state index in [1.165, 1.54) is 4.90 Å². The Kier molecular flexibility index (Phi) is 6.18. The van der Waals surface area contributed by atoms with Gasteiger partial charge in [0.2, 0.25) is 11.8 Å². The van der Waals surface area contributed by atoms with Crippen LogP contribution >= 0.6 is 0 Å². The summed E-state index contributed by atoms with van der Waals surface area (Å²) < 4.78 is 5.16. The number of benzene rings is 1. The molecule has 1 aromatic rings. The number of imide groups is 1. The van der Waals surface area contributed by atoms with E-state index >= 15 is 0 Å². The molecule has 0 saturated carbocycles. The standard InChI is InChI=1S/C25H32N4O5/c1-34-19-7-5-16(6-8-19)9-10-28-24(32)20(26-25(28)33)12-23(31)27-13-17-11-18(15-27)21-3-2-4-22(30)29(21)14-17/h5-8,17-18,20-21H,2-4,9-15H2,1H3,(H,26,33)/t17-,18+,20+,21?/m1/s1. The molecule has 1 N–H and O–H groups in total. The third-order valence-electron chi connectivity index (χ3n) is 7.80. The van der Waals surface area contributed by atoms with Gasteiger partial charge in [-0.1, -0.05) is 12.1 Å². The van der Waals surface area contributed by atoms with Crippen molar-refractivity contribution in [3.63, 3.8) is 0 Å². The number of rotatable bonds is 6. The van der Waals surface area contributed by atoms with Crippen molar-refractivity contribution in [2.75, 3.05) is 33.3 Å². The number of nitrogens with zero attached hydrogens (tertiary/aromatic N) is 3. The number of piperidine rings is 3. The molecule has 0 radical (unpaired) electrons. The summed E-state index contributed by atoms with van der Waals surface area (Å²) in [7, 11) is 1.60. The fraction of sp³-hybridized carbons (Fsp3) is 0.600. The first-order valence-electron chi connectivity index (χ1n) is 12.2. The van der Waals surface area contributed by atoms with Crippen LogP contribution in [0.4, 0.5) is 4.79 Å². The Morgan fingerprint density at radius 3 is 2.68 bits per heavy atom. The monoisotopic (exact) mass is 468 g/mol. The molecule has 0 spiro atoms. The van der Waals surface area contributed by atoms with E-state index in [9.17, 15) is 19.2 Å². The van der Waals surface area contributed by atoms with Gasteiger partial charge in [-0.05, 0) is 55.2 Å². The molecule has 4 fully saturated rings. The predicted molar refractivity (Wildman–Crippen MR) is 123 cm³/mol. The van der Waals surface area contributed by atoms with Crippen LogP contribution in [-0.2, 0) is 20.8 Å². The minimum absolute atomic E-state index is 0.0175. The molecule has 1 aromatic carbocycles. The minimum Gasteiger partial charge on any atom is -0.497 e. The maximum Gasteiger partial charge on any atom is 0.324 e. The summed E-state index contributed by atoms with van der Waals surface area (Å²) in [6.07, 6.45) is 4.13. The van der Waals surface area contributed by atoms with Crippen LogP contribution in [0.5, 0.6) is 5.75 Å². The Morgan fingerprint density at radius 1 is 1.12 bits per heavy atom. The molecule has 4 saturated heterocycles. The zero-order valence-electron chi connectivity index (χ0n) is 19.6. The first-order valence-corrected chi connectivity index (χ1v) is 12.2. The number of ether oxygens (including phenoxy) is 1. The molecular weight excluding hydrogens is 436 g/mol. The van der Waals surface area contributed by atoms with E-state index in [-0.39, 0.29) is 42.6 Å². The van der Waals surface area contributed by atoms with Crippen molar-refractivity contribution >= 4 is 23.8 Å². The highest BCUT2D eigenvalue weighted by molar-refractivity contribution is 6.05. The number of carbonyl (C=O) groups excluding carboxylic acids is 4. The molecule has 0 aromatic heterocycles. The first kappa shape index (κ1) is 22.7. The zero-order valence-corrected chi connectivity index (χ0v) is 19.6. The Balaban J connectivity index is 1.16. The number of nitrogens with one attached hydrogen (secondary N) is 1. The lowest BCUT2D eigenvalue weighted by atomic mass is 9.76. The van der Waals surface area contributed by atoms with Crippen molar-refractivity contribution in [3.05, 3.63) is 29.8 Å². The van der Waals surface area contributed by atoms with Gasteiger partial charge in [-0.2, -0.15) is 0 Å². The Hall–Kier alpha value is -3.10. The SMILES string of the molecule is COc1ccc(CCN2C(=O)N[C@@H](CC(=O)N3C[C@H]4C[C@@H](C3)C3CCCC(=O)N3C4)C2=O)cc1. The molecule has 9 nitrogen and oxygen atoms in total. The van der Waals surface area contributed by atoms with Crippen molar-refractivity contribution in [1.29, 1.82) is 0 Å². The Bertz CT molecular complexity index is 980. The summed E-state index contributed by atoms with van der Waals surface area (Å²) in [4.78, 5) is 55.9. The van der Waals surface area contributed by atoms with Crippen LogP contribution in [0.25, 0.3) is 0 Å². The Labute approximate surface area is 199 Å². The van der Waals surface area contributed by atoms with E-state index in [2.05, 4.69) is 5.32 Å². The highest BCUT2D eigenvalue weighted by atomic mass is 16.5. The fourth-order valence-corrected chi connectivity index (χ4v) is 6.08. The molecular formula is C25H32N4O5. The minimum atomic E-state index is -0.814. The van der Waals surface area contributed by atoms with Crippen LogP contribution in [0, 0.1) is 11.8 Å². The molecule has 4 aliphatic rings. The van der Waals surface area contributed by atoms with E-state index in [1.54, 1.807) is 7.11 Å². The number of likely N-dealkylation sites (tertiary alicyclic amines) is 1. The molecule has 4 heterocycles. The third-order valence-corrected chi connectivity index (χ3v) is 7.80. The molecule has 4 atom stereocenters. The molecule has 9 heteroatoms. The normalized spacial score (nSPS) is 28.6. The number of methoxy groups -OCH3 is 1. The van der Waals surface area contributed by atoms with Crippen LogP contribution < -0.4 is 10.1 Å². The van der Waals surface area contributed by atoms with Crippen LogP contribution in [0.15, 0.2) is 24.3 Å². The summed E-state index contributed by atoms with van der Waals surface area (Å²) in [5, 5.41) is 2.70. The van der Waals surface area contributed by atoms with Crippen LogP contribution in [0.1, 0.15) is 37.7 Å². The van der Waals surface area contributed by atoms with Crippen LogP contribution in [0.2, 0.25) is 0 Å². The smallest absolute Gasteiger partial charge is 0.324 e. The van der Waals surface area contributed by atoms with Gasteiger partial charge in [0.25, 0.3) is 5.91 Å². The summed E-state index contributed by atoms with van der Waals surface area (Å²) in [6.45, 7) is 2.23. The van der Waals surface area contributed by atoms with Crippen molar-refractivity contribution in [3.8, 4) is 5.75 Å². The average Bonchev–Trinajstić information content (AvgIpc) is 3.10. The first-order chi connectivity index (χ1) is 16.4. The largest absolute Gasteiger partial charge is 0.497 e. The second kappa shape index (κ2) is 9.27. The average molecular weight is 469 g/mol. The fourth-order valence-electron chi connectivity index (χ4n) is 6.08. The second-order valence-electron chi connectivity index (χ2n) is 9.96. The highest BCUT2D eigenvalue weighted by Gasteiger charge is 2.46. The molecule has 2 bridgehead atoms. The molecule has 182 valence electrons. The molecule has 0 aliphatic carbocycles. The van der Waals surface area contributed by atoms with E-state index in [0.717, 1.165) is 37.1 Å². The number of urea groups is 1. The second-order valence-corrected chi connectivity index (χ2v) is 9.96. The lowest BCUT2D eigenvalue weighted by Gasteiger charge is -2.52. The lowest BCUT2D eigenvalue weighted by Crippen LogP contribution is -2.61. The van der Waals surface area contributed by atoms with E-state index in [0.29, 0.717) is 31.8 Å². The van der Waals surface area contributed by atoms with Crippen LogP contribution in [0.3, 0.4) is 0 Å². The predicted octanol–water partition coefficient (Wildman–Crippen LogP) is 1.41. The Morgan fingerprint density at radius 2 is 1.91 bits per heavy atom. The van der Waals surface area contributed by atoms with Gasteiger partial charge in [0.1, 0.15) is 11.8 Å². The number of hydrogen-bond acceptors (Lipinski definition) is 5. The van der Waals surface area contributed by atoms with Gasteiger partial charge in [0.15, 0.2) is 0 Å². The third kappa shape index (κ3) is 4.35. The quantitative estimate of drug-likeness (QED) is 0.637. The van der Waals surface area contributed by atoms with Gasteiger partial charge >= 0.3 is 6.03 Å². The maximum atomic E-state index is 13.1. The molecule has 5 rings (SSSR count). The van der Waals surface area contributed by atoms with E-state index < -0.39 is 12.1 Å². The highest BCUT2D eigenvalue weighted by Crippen LogP contribution is 2.38. The molecule has 34 heavy (non-hydrogen) atoms. The van der Waals surface area contributed by atoms with Gasteiger partial charge in [0.05, 0.1) is 13.5 Å². The summed E-state index contributed by atoms with van der Waals surface area (Å²) in [5.41, 5.74) is 0.996. The van der Waals surface area contributed by atoms with Gasteiger partial charge in [-0.25, -0.2) is 4.79 Å². The molecule has 1 unspecified atom stereocenters. The van der Waals surface area contributed by atoms with Gasteiger partial charge in [-0.15, -0.1) is 0 Å². The van der Waals surface area contributed by atoms with E-state index in [4.69, 9.17) is 4.74 Å². The number of fused-ring (bicyclic) bond motifs is 4. The number of hydrogen-bond donors (Lipinski definition) is 1. The molecule has 5 amide bonds. The maximum absolute atomic E-state index is 13.1. The van der Waals surface area contributed by atoms with Crippen molar-refractivity contribution in [2.45, 2.75) is 50.6 Å². The van der Waals surface area contributed by atoms with Crippen molar-refractivity contribution < 1.29 is 23.9 Å². The lowest BCUT2D eigenvalue weighted by molar-refractivity contribution is -0.149. The molecule has 4 aliphatic heterocycles. The topological polar surface area (TPSA) is 99.3 Å².